The summed E-state index contributed by atoms with van der Waals surface area (Å²) in [5.74, 6) is 0.180. The lowest BCUT2D eigenvalue weighted by Crippen LogP contribution is -2.38. The van der Waals surface area contributed by atoms with Crippen LogP contribution >= 0.6 is 11.6 Å². The van der Waals surface area contributed by atoms with Gasteiger partial charge in [-0.3, -0.25) is 9.59 Å². The van der Waals surface area contributed by atoms with Crippen LogP contribution in [0, 0.1) is 0 Å². The van der Waals surface area contributed by atoms with E-state index in [1.54, 1.807) is 24.3 Å². The lowest BCUT2D eigenvalue weighted by molar-refractivity contribution is -0.121. The van der Waals surface area contributed by atoms with E-state index < -0.39 is 0 Å². The van der Waals surface area contributed by atoms with Gasteiger partial charge in [0.05, 0.1) is 6.54 Å². The molecule has 0 aromatic heterocycles. The third kappa shape index (κ3) is 4.24. The van der Waals surface area contributed by atoms with Crippen LogP contribution in [0.1, 0.15) is 12.8 Å². The summed E-state index contributed by atoms with van der Waals surface area (Å²) in [5, 5.41) is 6.97. The number of nitrogens with one attached hydrogen (secondary N) is 2. The van der Waals surface area contributed by atoms with Crippen molar-refractivity contribution in [2.75, 3.05) is 13.2 Å². The van der Waals surface area contributed by atoms with Crippen molar-refractivity contribution >= 4 is 29.1 Å². The summed E-state index contributed by atoms with van der Waals surface area (Å²) in [4.78, 5) is 22.6. The largest absolute Gasteiger partial charge is 0.492 e. The van der Waals surface area contributed by atoms with Gasteiger partial charge in [0.2, 0.25) is 5.91 Å². The van der Waals surface area contributed by atoms with Crippen molar-refractivity contribution in [2.45, 2.75) is 12.8 Å². The second-order valence-corrected chi connectivity index (χ2v) is 4.59. The molecule has 1 aromatic carbocycles. The zero-order valence-electron chi connectivity index (χ0n) is 10.7. The summed E-state index contributed by atoms with van der Waals surface area (Å²) >= 11 is 5.82. The predicted octanol–water partition coefficient (Wildman–Crippen LogP) is 1.10. The van der Waals surface area contributed by atoms with E-state index in [0.29, 0.717) is 36.1 Å². The van der Waals surface area contributed by atoms with Crippen LogP contribution in [0.15, 0.2) is 29.4 Å². The quantitative estimate of drug-likeness (QED) is 0.798. The summed E-state index contributed by atoms with van der Waals surface area (Å²) in [5.41, 5.74) is 2.60. The predicted molar refractivity (Wildman–Crippen MR) is 74.8 cm³/mol. The van der Waals surface area contributed by atoms with Crippen molar-refractivity contribution < 1.29 is 14.3 Å². The number of hydrogen-bond donors (Lipinski definition) is 2. The Balaban J connectivity index is 1.71. The zero-order chi connectivity index (χ0) is 14.4. The maximum absolute atomic E-state index is 11.7. The van der Waals surface area contributed by atoms with E-state index in [9.17, 15) is 9.59 Å². The second-order valence-electron chi connectivity index (χ2n) is 4.16. The number of nitrogens with zero attached hydrogens (tertiary/aromatic N) is 1. The molecule has 7 heteroatoms. The SMILES string of the molecule is O=C1CCC(C(=O)NCCOc2cccc(Cl)c2)=NN1. The van der Waals surface area contributed by atoms with Gasteiger partial charge in [0.25, 0.3) is 5.91 Å². The first-order valence-corrected chi connectivity index (χ1v) is 6.55. The van der Waals surface area contributed by atoms with Crippen molar-refractivity contribution in [1.29, 1.82) is 0 Å². The van der Waals surface area contributed by atoms with Crippen LogP contribution in [-0.4, -0.2) is 30.7 Å². The van der Waals surface area contributed by atoms with E-state index in [2.05, 4.69) is 15.8 Å². The average Bonchev–Trinajstić information content (AvgIpc) is 2.44. The van der Waals surface area contributed by atoms with Crippen LogP contribution < -0.4 is 15.5 Å². The fourth-order valence-corrected chi connectivity index (χ4v) is 1.81. The van der Waals surface area contributed by atoms with Crippen LogP contribution in [0.3, 0.4) is 0 Å². The summed E-state index contributed by atoms with van der Waals surface area (Å²) < 4.78 is 5.43. The molecule has 0 bridgehead atoms. The average molecular weight is 296 g/mol. The van der Waals surface area contributed by atoms with Gasteiger partial charge in [0.1, 0.15) is 18.1 Å². The van der Waals surface area contributed by atoms with E-state index in [4.69, 9.17) is 16.3 Å². The summed E-state index contributed by atoms with van der Waals surface area (Å²) in [6.45, 7) is 0.671. The number of rotatable bonds is 5. The molecular formula is C13H14ClN3O3. The number of halogens is 1. The van der Waals surface area contributed by atoms with Crippen molar-refractivity contribution in [3.05, 3.63) is 29.3 Å². The smallest absolute Gasteiger partial charge is 0.267 e. The zero-order valence-corrected chi connectivity index (χ0v) is 11.4. The first kappa shape index (κ1) is 14.3. The Morgan fingerprint density at radius 2 is 2.30 bits per heavy atom. The minimum Gasteiger partial charge on any atom is -0.492 e. The van der Waals surface area contributed by atoms with Crippen molar-refractivity contribution in [2.24, 2.45) is 5.10 Å². The minimum atomic E-state index is -0.292. The summed E-state index contributed by atoms with van der Waals surface area (Å²) in [6, 6.07) is 7.03. The number of hydrazone groups is 1. The van der Waals surface area contributed by atoms with Gasteiger partial charge < -0.3 is 10.1 Å². The lowest BCUT2D eigenvalue weighted by atomic mass is 10.1. The van der Waals surface area contributed by atoms with Crippen molar-refractivity contribution in [3.8, 4) is 5.75 Å². The summed E-state index contributed by atoms with van der Waals surface area (Å²) in [6.07, 6.45) is 0.637. The molecule has 106 valence electrons. The highest BCUT2D eigenvalue weighted by Gasteiger charge is 2.17. The molecule has 1 aromatic rings. The molecule has 1 aliphatic rings. The molecule has 6 nitrogen and oxygen atoms in total. The number of amides is 2. The maximum Gasteiger partial charge on any atom is 0.267 e. The number of hydrogen-bond acceptors (Lipinski definition) is 4. The van der Waals surface area contributed by atoms with Crippen LogP contribution in [-0.2, 0) is 9.59 Å². The first-order chi connectivity index (χ1) is 9.65. The standard InChI is InChI=1S/C13H14ClN3O3/c14-9-2-1-3-10(8-9)20-7-6-15-13(19)11-4-5-12(18)17-16-11/h1-3,8H,4-7H2,(H,15,19)(H,17,18). The molecule has 0 fully saturated rings. The molecule has 2 N–H and O–H groups in total. The molecule has 1 heterocycles. The topological polar surface area (TPSA) is 79.8 Å². The molecule has 20 heavy (non-hydrogen) atoms. The Kier molecular flexibility index (Phi) is 4.95. The Morgan fingerprint density at radius 1 is 1.45 bits per heavy atom. The molecule has 0 aliphatic carbocycles. The van der Waals surface area contributed by atoms with Crippen molar-refractivity contribution in [1.82, 2.24) is 10.7 Å². The highest BCUT2D eigenvalue weighted by molar-refractivity contribution is 6.39. The van der Waals surface area contributed by atoms with Gasteiger partial charge in [-0.15, -0.1) is 0 Å². The van der Waals surface area contributed by atoms with Gasteiger partial charge in [-0.05, 0) is 18.2 Å². The van der Waals surface area contributed by atoms with Crippen LogP contribution in [0.5, 0.6) is 5.75 Å². The Hall–Kier alpha value is -2.08. The fourth-order valence-electron chi connectivity index (χ4n) is 1.63. The highest BCUT2D eigenvalue weighted by atomic mass is 35.5. The van der Waals surface area contributed by atoms with E-state index in [-0.39, 0.29) is 18.2 Å². The van der Waals surface area contributed by atoms with Gasteiger partial charge in [-0.2, -0.15) is 5.10 Å². The minimum absolute atomic E-state index is 0.175. The Labute approximate surface area is 121 Å². The molecule has 0 saturated carbocycles. The van der Waals surface area contributed by atoms with Crippen molar-refractivity contribution in [3.63, 3.8) is 0 Å². The maximum atomic E-state index is 11.7. The molecule has 0 spiro atoms. The van der Waals surface area contributed by atoms with E-state index >= 15 is 0 Å². The van der Waals surface area contributed by atoms with Crippen LogP contribution in [0.2, 0.25) is 5.02 Å². The number of carbonyl (C=O) groups is 2. The van der Waals surface area contributed by atoms with E-state index in [0.717, 1.165) is 0 Å². The van der Waals surface area contributed by atoms with Gasteiger partial charge >= 0.3 is 0 Å². The van der Waals surface area contributed by atoms with Gasteiger partial charge in [0.15, 0.2) is 0 Å². The third-order valence-electron chi connectivity index (χ3n) is 2.62. The third-order valence-corrected chi connectivity index (χ3v) is 2.85. The molecule has 0 unspecified atom stereocenters. The number of benzene rings is 1. The monoisotopic (exact) mass is 295 g/mol. The molecule has 0 radical (unpaired) electrons. The Morgan fingerprint density at radius 3 is 3.00 bits per heavy atom. The van der Waals surface area contributed by atoms with E-state index in [1.807, 2.05) is 0 Å². The van der Waals surface area contributed by atoms with Gasteiger partial charge in [-0.1, -0.05) is 17.7 Å². The van der Waals surface area contributed by atoms with Gasteiger partial charge in [-0.25, -0.2) is 5.43 Å². The molecule has 2 rings (SSSR count). The molecule has 0 saturated heterocycles. The molecule has 0 atom stereocenters. The van der Waals surface area contributed by atoms with E-state index in [1.165, 1.54) is 0 Å². The molecular weight excluding hydrogens is 282 g/mol. The Bertz CT molecular complexity index is 545. The second kappa shape index (κ2) is 6.91. The first-order valence-electron chi connectivity index (χ1n) is 6.17. The lowest BCUT2D eigenvalue weighted by Gasteiger charge is -2.12. The van der Waals surface area contributed by atoms with Gasteiger partial charge in [0, 0.05) is 17.9 Å². The normalized spacial score (nSPS) is 14.2. The fraction of sp³-hybridized carbons (Fsp3) is 0.308. The molecule has 2 amide bonds. The summed E-state index contributed by atoms with van der Waals surface area (Å²) in [7, 11) is 0. The van der Waals surface area contributed by atoms with Crippen LogP contribution in [0.4, 0.5) is 0 Å². The number of ether oxygens (including phenoxy) is 1. The van der Waals surface area contributed by atoms with Crippen LogP contribution in [0.25, 0.3) is 0 Å². The number of carbonyl (C=O) groups excluding carboxylic acids is 2. The highest BCUT2D eigenvalue weighted by Crippen LogP contribution is 2.16. The molecule has 1 aliphatic heterocycles.